The summed E-state index contributed by atoms with van der Waals surface area (Å²) in [5.74, 6) is 0.971. The van der Waals surface area contributed by atoms with Crippen LogP contribution in [0.2, 0.25) is 0 Å². The van der Waals surface area contributed by atoms with Crippen LogP contribution in [0.5, 0.6) is 11.5 Å². The largest absolute Gasteiger partial charge is 0.492 e. The van der Waals surface area contributed by atoms with Crippen LogP contribution in [0, 0.1) is 0 Å². The Kier molecular flexibility index (Phi) is 9.26. The lowest BCUT2D eigenvalue weighted by atomic mass is 9.99. The molecule has 4 nitrogen and oxygen atoms in total. The molecule has 0 aliphatic rings. The molecule has 0 aliphatic carbocycles. The Morgan fingerprint density at radius 2 is 1.86 bits per heavy atom. The molecule has 0 saturated carbocycles. The van der Waals surface area contributed by atoms with Gasteiger partial charge in [-0.05, 0) is 42.8 Å². The third-order valence-corrected chi connectivity index (χ3v) is 5.24. The molecule has 0 heterocycles. The third-order valence-electron chi connectivity index (χ3n) is 4.71. The SMILES string of the molecule is C=CCN(C)c1ccc(OCCCCCC)c(OC)c1C(=O)c1ccc(Br)cc1. The zero-order chi connectivity index (χ0) is 21.2. The van der Waals surface area contributed by atoms with E-state index in [2.05, 4.69) is 29.4 Å². The van der Waals surface area contributed by atoms with Gasteiger partial charge >= 0.3 is 0 Å². The number of carbonyl (C=O) groups is 1. The zero-order valence-electron chi connectivity index (χ0n) is 17.5. The summed E-state index contributed by atoms with van der Waals surface area (Å²) in [6, 6.07) is 11.1. The maximum atomic E-state index is 13.4. The van der Waals surface area contributed by atoms with E-state index in [1.54, 1.807) is 25.3 Å². The third kappa shape index (κ3) is 6.10. The first-order valence-electron chi connectivity index (χ1n) is 9.99. The van der Waals surface area contributed by atoms with Crippen LogP contribution in [-0.2, 0) is 0 Å². The summed E-state index contributed by atoms with van der Waals surface area (Å²) in [5.41, 5.74) is 1.89. The highest BCUT2D eigenvalue weighted by atomic mass is 79.9. The Balaban J connectivity index is 2.44. The van der Waals surface area contributed by atoms with E-state index < -0.39 is 0 Å². The minimum atomic E-state index is -0.100. The summed E-state index contributed by atoms with van der Waals surface area (Å²) in [4.78, 5) is 15.4. The van der Waals surface area contributed by atoms with Gasteiger partial charge in [0, 0.05) is 23.6 Å². The molecule has 0 bridgehead atoms. The van der Waals surface area contributed by atoms with Crippen molar-refractivity contribution in [2.45, 2.75) is 32.6 Å². The Morgan fingerprint density at radius 3 is 2.48 bits per heavy atom. The van der Waals surface area contributed by atoms with Gasteiger partial charge in [-0.2, -0.15) is 0 Å². The van der Waals surface area contributed by atoms with Crippen molar-refractivity contribution in [1.82, 2.24) is 0 Å². The van der Waals surface area contributed by atoms with E-state index in [9.17, 15) is 4.79 Å². The molecule has 0 spiro atoms. The second kappa shape index (κ2) is 11.7. The van der Waals surface area contributed by atoms with Gasteiger partial charge in [0.05, 0.1) is 25.0 Å². The summed E-state index contributed by atoms with van der Waals surface area (Å²) in [6.45, 7) is 7.20. The molecule has 2 rings (SSSR count). The van der Waals surface area contributed by atoms with Crippen LogP contribution in [0.3, 0.4) is 0 Å². The standard InChI is InChI=1S/C24H30BrNO3/c1-5-7-8-9-17-29-21-15-14-20(26(3)16-6-2)22(24(21)28-4)23(27)18-10-12-19(25)13-11-18/h6,10-15H,2,5,7-9,16-17H2,1,3-4H3. The van der Waals surface area contributed by atoms with E-state index in [1.807, 2.05) is 36.2 Å². The topological polar surface area (TPSA) is 38.8 Å². The van der Waals surface area contributed by atoms with E-state index in [-0.39, 0.29) is 5.78 Å². The van der Waals surface area contributed by atoms with Crippen molar-refractivity contribution in [3.63, 3.8) is 0 Å². The summed E-state index contributed by atoms with van der Waals surface area (Å²) < 4.78 is 12.6. The normalized spacial score (nSPS) is 10.5. The van der Waals surface area contributed by atoms with Crippen molar-refractivity contribution >= 4 is 27.4 Å². The number of carbonyl (C=O) groups excluding carboxylic acids is 1. The molecule has 0 unspecified atom stereocenters. The van der Waals surface area contributed by atoms with Gasteiger partial charge < -0.3 is 14.4 Å². The Labute approximate surface area is 182 Å². The van der Waals surface area contributed by atoms with Crippen LogP contribution >= 0.6 is 15.9 Å². The second-order valence-corrected chi connectivity index (χ2v) is 7.82. The number of hydrogen-bond acceptors (Lipinski definition) is 4. The fourth-order valence-electron chi connectivity index (χ4n) is 3.16. The number of hydrogen-bond donors (Lipinski definition) is 0. The average molecular weight is 460 g/mol. The van der Waals surface area contributed by atoms with Crippen LogP contribution in [0.4, 0.5) is 5.69 Å². The first kappa shape index (κ1) is 23.0. The van der Waals surface area contributed by atoms with E-state index in [0.29, 0.717) is 35.8 Å². The molecule has 0 atom stereocenters. The molecule has 0 radical (unpaired) electrons. The number of nitrogens with zero attached hydrogens (tertiary/aromatic N) is 1. The second-order valence-electron chi connectivity index (χ2n) is 6.91. The molecule has 5 heteroatoms. The molecule has 0 aliphatic heterocycles. The average Bonchev–Trinajstić information content (AvgIpc) is 2.73. The first-order chi connectivity index (χ1) is 14.0. The number of halogens is 1. The van der Waals surface area contributed by atoms with Crippen molar-refractivity contribution < 1.29 is 14.3 Å². The Hall–Kier alpha value is -2.27. The van der Waals surface area contributed by atoms with E-state index in [0.717, 1.165) is 23.0 Å². The Morgan fingerprint density at radius 1 is 1.14 bits per heavy atom. The highest BCUT2D eigenvalue weighted by Crippen LogP contribution is 2.39. The lowest BCUT2D eigenvalue weighted by Gasteiger charge is -2.24. The lowest BCUT2D eigenvalue weighted by Crippen LogP contribution is -2.21. The number of anilines is 1. The van der Waals surface area contributed by atoms with Gasteiger partial charge in [0.15, 0.2) is 17.3 Å². The van der Waals surface area contributed by atoms with E-state index >= 15 is 0 Å². The zero-order valence-corrected chi connectivity index (χ0v) is 19.1. The molecular formula is C24H30BrNO3. The van der Waals surface area contributed by atoms with Crippen molar-refractivity contribution in [3.8, 4) is 11.5 Å². The highest BCUT2D eigenvalue weighted by molar-refractivity contribution is 9.10. The highest BCUT2D eigenvalue weighted by Gasteiger charge is 2.24. The van der Waals surface area contributed by atoms with Crippen molar-refractivity contribution in [1.29, 1.82) is 0 Å². The van der Waals surface area contributed by atoms with Gasteiger partial charge in [-0.1, -0.05) is 48.2 Å². The summed E-state index contributed by atoms with van der Waals surface area (Å²) in [6.07, 6.45) is 6.28. The number of benzene rings is 2. The van der Waals surface area contributed by atoms with Gasteiger partial charge in [-0.15, -0.1) is 6.58 Å². The first-order valence-corrected chi connectivity index (χ1v) is 10.8. The molecule has 0 N–H and O–H groups in total. The molecule has 2 aromatic rings. The molecular weight excluding hydrogens is 430 g/mol. The minimum absolute atomic E-state index is 0.100. The molecule has 156 valence electrons. The number of rotatable bonds is 12. The van der Waals surface area contributed by atoms with Crippen LogP contribution in [-0.4, -0.2) is 33.1 Å². The molecule has 0 fully saturated rings. The number of methoxy groups -OCH3 is 1. The Bertz CT molecular complexity index is 818. The smallest absolute Gasteiger partial charge is 0.199 e. The maximum Gasteiger partial charge on any atom is 0.199 e. The van der Waals surface area contributed by atoms with Crippen molar-refractivity contribution in [2.24, 2.45) is 0 Å². The number of unbranched alkanes of at least 4 members (excludes halogenated alkanes) is 3. The molecule has 0 saturated heterocycles. The summed E-state index contributed by atoms with van der Waals surface area (Å²) >= 11 is 3.42. The number of likely N-dealkylation sites (N-methyl/N-ethyl adjacent to an activating group) is 1. The number of ether oxygens (including phenoxy) is 2. The molecule has 2 aromatic carbocycles. The van der Waals surface area contributed by atoms with Crippen molar-refractivity contribution in [3.05, 3.63) is 64.7 Å². The van der Waals surface area contributed by atoms with Crippen LogP contribution in [0.25, 0.3) is 0 Å². The fraction of sp³-hybridized carbons (Fsp3) is 0.375. The number of ketones is 1. The monoisotopic (exact) mass is 459 g/mol. The van der Waals surface area contributed by atoms with Crippen molar-refractivity contribution in [2.75, 3.05) is 32.2 Å². The summed E-state index contributed by atoms with van der Waals surface area (Å²) in [7, 11) is 3.51. The van der Waals surface area contributed by atoms with Gasteiger partial charge in [0.25, 0.3) is 0 Å². The quantitative estimate of drug-likeness (QED) is 0.213. The van der Waals surface area contributed by atoms with Crippen LogP contribution < -0.4 is 14.4 Å². The minimum Gasteiger partial charge on any atom is -0.492 e. The predicted molar refractivity (Wildman–Crippen MR) is 124 cm³/mol. The fourth-order valence-corrected chi connectivity index (χ4v) is 3.42. The van der Waals surface area contributed by atoms with Gasteiger partial charge in [-0.3, -0.25) is 4.79 Å². The maximum absolute atomic E-state index is 13.4. The van der Waals surface area contributed by atoms with Gasteiger partial charge in [0.2, 0.25) is 0 Å². The van der Waals surface area contributed by atoms with Gasteiger partial charge in [-0.25, -0.2) is 0 Å². The van der Waals surface area contributed by atoms with Gasteiger partial charge in [0.1, 0.15) is 0 Å². The molecule has 0 aromatic heterocycles. The van der Waals surface area contributed by atoms with E-state index in [4.69, 9.17) is 9.47 Å². The predicted octanol–water partition coefficient (Wildman–Crippen LogP) is 6.27. The van der Waals surface area contributed by atoms with Crippen LogP contribution in [0.15, 0.2) is 53.5 Å². The summed E-state index contributed by atoms with van der Waals surface area (Å²) in [5, 5.41) is 0. The molecule has 29 heavy (non-hydrogen) atoms. The van der Waals surface area contributed by atoms with Crippen LogP contribution in [0.1, 0.15) is 48.5 Å². The van der Waals surface area contributed by atoms with E-state index in [1.165, 1.54) is 12.8 Å². The molecule has 0 amide bonds. The lowest BCUT2D eigenvalue weighted by molar-refractivity contribution is 0.103.